The molecule has 1 aromatic carbocycles. The number of nitrogens with one attached hydrogen (secondary N) is 1. The summed E-state index contributed by atoms with van der Waals surface area (Å²) in [6, 6.07) is 7.13. The largest absolute Gasteiger partial charge is 0.479 e. The number of carboxylic acids is 1. The fourth-order valence-corrected chi connectivity index (χ4v) is 2.56. The van der Waals surface area contributed by atoms with E-state index in [-0.39, 0.29) is 5.91 Å². The zero-order chi connectivity index (χ0) is 17.3. The number of nitrogens with zero attached hydrogens (tertiary/aromatic N) is 1. The summed E-state index contributed by atoms with van der Waals surface area (Å²) in [5, 5.41) is 11.7. The summed E-state index contributed by atoms with van der Waals surface area (Å²) in [4.78, 5) is 27.4. The lowest BCUT2D eigenvalue weighted by Crippen LogP contribution is -2.29. The van der Waals surface area contributed by atoms with Crippen molar-refractivity contribution in [1.82, 2.24) is 4.98 Å². The van der Waals surface area contributed by atoms with E-state index in [1.807, 2.05) is 19.9 Å². The quantitative estimate of drug-likeness (QED) is 0.893. The number of carboxylic acid groups (broad SMARTS) is 1. The van der Waals surface area contributed by atoms with E-state index in [0.29, 0.717) is 24.4 Å². The van der Waals surface area contributed by atoms with Crippen molar-refractivity contribution in [3.63, 3.8) is 0 Å². The van der Waals surface area contributed by atoms with Crippen LogP contribution in [0.15, 0.2) is 28.7 Å². The standard InChI is InChI=1S/C17H18N2O5/c1-9-10(2)23-16(18-9)11-4-3-5-12(8-11)19-15(20)13-6-7-14(24-13)17(21)22/h3-5,8,13-14H,6-7H2,1-2H3,(H,19,20)(H,21,22)/t13-,14+/m0/s1. The third-order valence-electron chi connectivity index (χ3n) is 3.99. The van der Waals surface area contributed by atoms with E-state index >= 15 is 0 Å². The maximum Gasteiger partial charge on any atom is 0.332 e. The third-order valence-corrected chi connectivity index (χ3v) is 3.99. The van der Waals surface area contributed by atoms with Gasteiger partial charge in [0.25, 0.3) is 5.91 Å². The maximum absolute atomic E-state index is 12.2. The molecule has 2 N–H and O–H groups in total. The van der Waals surface area contributed by atoms with Crippen LogP contribution in [-0.2, 0) is 14.3 Å². The molecule has 3 rings (SSSR count). The van der Waals surface area contributed by atoms with E-state index in [2.05, 4.69) is 10.3 Å². The summed E-state index contributed by atoms with van der Waals surface area (Å²) in [5.74, 6) is -0.153. The number of aliphatic carboxylic acids is 1. The van der Waals surface area contributed by atoms with Gasteiger partial charge >= 0.3 is 5.97 Å². The van der Waals surface area contributed by atoms with Crippen LogP contribution in [0.1, 0.15) is 24.3 Å². The minimum atomic E-state index is -1.04. The second kappa shape index (κ2) is 6.45. The number of aromatic nitrogens is 1. The summed E-state index contributed by atoms with van der Waals surface area (Å²) in [7, 11) is 0. The Kier molecular flexibility index (Phi) is 4.35. The molecule has 0 bridgehead atoms. The summed E-state index contributed by atoms with van der Waals surface area (Å²) in [5.41, 5.74) is 2.15. The molecule has 0 spiro atoms. The molecule has 1 aromatic heterocycles. The van der Waals surface area contributed by atoms with E-state index < -0.39 is 18.2 Å². The van der Waals surface area contributed by atoms with Gasteiger partial charge in [-0.3, -0.25) is 4.79 Å². The molecule has 2 aromatic rings. The summed E-state index contributed by atoms with van der Waals surface area (Å²) >= 11 is 0. The fourth-order valence-electron chi connectivity index (χ4n) is 2.56. The Balaban J connectivity index is 1.71. The van der Waals surface area contributed by atoms with Crippen molar-refractivity contribution >= 4 is 17.6 Å². The number of rotatable bonds is 4. The first kappa shape index (κ1) is 16.2. The number of hydrogen-bond donors (Lipinski definition) is 2. The van der Waals surface area contributed by atoms with Crippen LogP contribution in [0.4, 0.5) is 5.69 Å². The van der Waals surface area contributed by atoms with Gasteiger partial charge in [0.05, 0.1) is 5.69 Å². The number of carbonyl (C=O) groups excluding carboxylic acids is 1. The Hall–Kier alpha value is -2.67. The molecule has 0 radical (unpaired) electrons. The van der Waals surface area contributed by atoms with Gasteiger partial charge in [0.15, 0.2) is 6.10 Å². The van der Waals surface area contributed by atoms with E-state index in [1.54, 1.807) is 18.2 Å². The molecule has 1 aliphatic rings. The highest BCUT2D eigenvalue weighted by molar-refractivity contribution is 5.95. The number of aryl methyl sites for hydroxylation is 2. The normalized spacial score (nSPS) is 20.1. The predicted molar refractivity (Wildman–Crippen MR) is 85.6 cm³/mol. The number of carbonyl (C=O) groups is 2. The Morgan fingerprint density at radius 1 is 1.25 bits per heavy atom. The SMILES string of the molecule is Cc1nc(-c2cccc(NC(=O)[C@@H]3CC[C@H](C(=O)O)O3)c2)oc1C. The highest BCUT2D eigenvalue weighted by Crippen LogP contribution is 2.25. The van der Waals surface area contributed by atoms with Gasteiger partial charge < -0.3 is 19.6 Å². The zero-order valence-corrected chi connectivity index (χ0v) is 13.4. The molecule has 1 aliphatic heterocycles. The topological polar surface area (TPSA) is 102 Å². The van der Waals surface area contributed by atoms with E-state index in [1.165, 1.54) is 0 Å². The van der Waals surface area contributed by atoms with Gasteiger partial charge in [-0.2, -0.15) is 0 Å². The van der Waals surface area contributed by atoms with Crippen LogP contribution >= 0.6 is 0 Å². The van der Waals surface area contributed by atoms with Crippen LogP contribution in [0, 0.1) is 13.8 Å². The molecule has 1 saturated heterocycles. The number of amides is 1. The van der Waals surface area contributed by atoms with Gasteiger partial charge in [-0.1, -0.05) is 6.07 Å². The van der Waals surface area contributed by atoms with Crippen LogP contribution in [0.2, 0.25) is 0 Å². The third kappa shape index (κ3) is 3.30. The van der Waals surface area contributed by atoms with Crippen LogP contribution in [0.25, 0.3) is 11.5 Å². The van der Waals surface area contributed by atoms with Crippen molar-refractivity contribution in [3.05, 3.63) is 35.7 Å². The molecule has 0 aliphatic carbocycles. The smallest absolute Gasteiger partial charge is 0.332 e. The van der Waals surface area contributed by atoms with Crippen molar-refractivity contribution in [3.8, 4) is 11.5 Å². The van der Waals surface area contributed by atoms with Gasteiger partial charge in [0, 0.05) is 11.3 Å². The van der Waals surface area contributed by atoms with Crippen LogP contribution in [0.3, 0.4) is 0 Å². The van der Waals surface area contributed by atoms with E-state index in [9.17, 15) is 9.59 Å². The molecule has 24 heavy (non-hydrogen) atoms. The van der Waals surface area contributed by atoms with Gasteiger partial charge in [0.2, 0.25) is 5.89 Å². The zero-order valence-electron chi connectivity index (χ0n) is 13.4. The number of benzene rings is 1. The molecule has 0 saturated carbocycles. The molecule has 7 heteroatoms. The van der Waals surface area contributed by atoms with Crippen molar-refractivity contribution in [2.24, 2.45) is 0 Å². The number of ether oxygens (including phenoxy) is 1. The molecule has 7 nitrogen and oxygen atoms in total. The Bertz CT molecular complexity index is 764. The first-order valence-corrected chi connectivity index (χ1v) is 7.67. The molecule has 0 unspecified atom stereocenters. The van der Waals surface area contributed by atoms with Crippen molar-refractivity contribution < 1.29 is 23.8 Å². The summed E-state index contributed by atoms with van der Waals surface area (Å²) < 4.78 is 10.8. The highest BCUT2D eigenvalue weighted by Gasteiger charge is 2.34. The lowest BCUT2D eigenvalue weighted by molar-refractivity contribution is -0.150. The molecule has 2 atom stereocenters. The summed E-state index contributed by atoms with van der Waals surface area (Å²) in [6.07, 6.45) is -0.936. The lowest BCUT2D eigenvalue weighted by Gasteiger charge is -2.12. The first-order chi connectivity index (χ1) is 11.4. The second-order valence-electron chi connectivity index (χ2n) is 5.76. The maximum atomic E-state index is 12.2. The van der Waals surface area contributed by atoms with Crippen LogP contribution in [-0.4, -0.2) is 34.2 Å². The highest BCUT2D eigenvalue weighted by atomic mass is 16.5. The molecular weight excluding hydrogens is 312 g/mol. The van der Waals surface area contributed by atoms with Gasteiger partial charge in [0.1, 0.15) is 11.9 Å². The second-order valence-corrected chi connectivity index (χ2v) is 5.76. The van der Waals surface area contributed by atoms with Crippen molar-refractivity contribution in [1.29, 1.82) is 0 Å². The van der Waals surface area contributed by atoms with Crippen LogP contribution in [0.5, 0.6) is 0 Å². The predicted octanol–water partition coefficient (Wildman–Crippen LogP) is 2.53. The van der Waals surface area contributed by atoms with E-state index in [0.717, 1.165) is 17.0 Å². The average Bonchev–Trinajstić information content (AvgIpc) is 3.16. The molecule has 126 valence electrons. The Morgan fingerprint density at radius 3 is 2.62 bits per heavy atom. The molecule has 2 heterocycles. The minimum absolute atomic E-state index is 0.336. The Labute approximate surface area is 138 Å². The summed E-state index contributed by atoms with van der Waals surface area (Å²) in [6.45, 7) is 3.71. The van der Waals surface area contributed by atoms with Gasteiger partial charge in [-0.25, -0.2) is 9.78 Å². The monoisotopic (exact) mass is 330 g/mol. The van der Waals surface area contributed by atoms with E-state index in [4.69, 9.17) is 14.3 Å². The van der Waals surface area contributed by atoms with Crippen molar-refractivity contribution in [2.45, 2.75) is 38.9 Å². The number of anilines is 1. The number of hydrogen-bond acceptors (Lipinski definition) is 5. The first-order valence-electron chi connectivity index (χ1n) is 7.67. The molecular formula is C17H18N2O5. The average molecular weight is 330 g/mol. The Morgan fingerprint density at radius 2 is 2.00 bits per heavy atom. The van der Waals surface area contributed by atoms with Gasteiger partial charge in [-0.15, -0.1) is 0 Å². The molecule has 1 amide bonds. The van der Waals surface area contributed by atoms with Crippen LogP contribution < -0.4 is 5.32 Å². The molecule has 1 fully saturated rings. The van der Waals surface area contributed by atoms with Crippen molar-refractivity contribution in [2.75, 3.05) is 5.32 Å². The van der Waals surface area contributed by atoms with Gasteiger partial charge in [-0.05, 0) is 44.9 Å². The fraction of sp³-hybridized carbons (Fsp3) is 0.353. The number of oxazole rings is 1. The lowest BCUT2D eigenvalue weighted by atomic mass is 10.1. The minimum Gasteiger partial charge on any atom is -0.479 e.